The lowest BCUT2D eigenvalue weighted by Gasteiger charge is -2.42. The molecule has 6 saturated heterocycles. The summed E-state index contributed by atoms with van der Waals surface area (Å²) in [4.78, 5) is 87.2. The van der Waals surface area contributed by atoms with E-state index in [0.717, 1.165) is 19.4 Å². The monoisotopic (exact) mass is 1660 g/mol. The Kier molecular flexibility index (Phi) is 44.2. The molecule has 6 aliphatic heterocycles. The van der Waals surface area contributed by atoms with Crippen molar-refractivity contribution in [1.29, 1.82) is 0 Å². The van der Waals surface area contributed by atoms with Crippen LogP contribution in [-0.4, -0.2) is 349 Å². The number of aliphatic hydroxyl groups is 9. The second kappa shape index (κ2) is 50.4. The molecule has 39 nitrogen and oxygen atoms in total. The quantitative estimate of drug-likeness (QED) is 0.0289. The van der Waals surface area contributed by atoms with Crippen molar-refractivity contribution in [2.45, 2.75) is 260 Å². The van der Waals surface area contributed by atoms with Crippen LogP contribution in [0.2, 0.25) is 0 Å². The summed E-state index contributed by atoms with van der Waals surface area (Å²) in [5.74, 6) is -1.68. The Morgan fingerprint density at radius 1 is 0.441 bits per heavy atom. The van der Waals surface area contributed by atoms with Crippen molar-refractivity contribution < 1.29 is 163 Å². The van der Waals surface area contributed by atoms with Gasteiger partial charge in [0.1, 0.15) is 60.9 Å². The number of nitrogens with zero attached hydrogens (tertiary/aromatic N) is 3. The number of unbranched alkanes of at least 4 members (excludes halogenated alkanes) is 6. The molecule has 0 saturated carbocycles. The number of ether oxygens (including phenoxy) is 9. The number of hydrogen-bond acceptors (Lipinski definition) is 32. The standard InChI is InChI=1S/C69H128N5O34P3/c1-47-60(82)61(83)53(41-75)103-66(47)97-36-13-7-17-56(80)73-31-23-52(24-32-73)108-111(92,93)102-40-16-34-96-46-69(44-94-4,45-95-33-15-39-101-110(90,91)106-50-19-27-72(28-20-50)26-10-6-11-35-98-67-58(70-48(2)78)64(86)62(84)54(42-76)104-67)25-9-5-12-38-100-109(88,89)107-51-21-29-74(30-22-51)57(81)18-8-14-37-99-68-59(71-49(3)79)65(87)63(85)55(43-77)105-68/h47,50-55,58-68,75-77,82-87H,5-46H2,1-4H3,(H,70,78)(H,71,79)(H,88,89)(H,90,91)(H,92,93). The van der Waals surface area contributed by atoms with Gasteiger partial charge in [0.15, 0.2) is 18.9 Å². The zero-order valence-electron chi connectivity index (χ0n) is 64.6. The molecule has 0 bridgehead atoms. The van der Waals surface area contributed by atoms with Crippen molar-refractivity contribution >= 4 is 47.1 Å². The highest BCUT2D eigenvalue weighted by atomic mass is 31.2. The van der Waals surface area contributed by atoms with Gasteiger partial charge in [-0.3, -0.25) is 46.3 Å². The van der Waals surface area contributed by atoms with Gasteiger partial charge in [0.2, 0.25) is 23.6 Å². The molecule has 0 aromatic rings. The number of amides is 4. The second-order valence-electron chi connectivity index (χ2n) is 29.5. The molecule has 42 heteroatoms. The van der Waals surface area contributed by atoms with Crippen LogP contribution < -0.4 is 10.6 Å². The second-order valence-corrected chi connectivity index (χ2v) is 33.7. The zero-order chi connectivity index (χ0) is 81.2. The number of carbonyl (C=O) groups excluding carboxylic acids is 4. The van der Waals surface area contributed by atoms with Crippen LogP contribution in [-0.2, 0) is 103 Å². The number of hydrogen-bond donors (Lipinski definition) is 14. The third-order valence-corrected chi connectivity index (χ3v) is 23.7. The Morgan fingerprint density at radius 2 is 0.802 bits per heavy atom. The summed E-state index contributed by atoms with van der Waals surface area (Å²) in [6, 6.07) is -2.11. The molecule has 6 heterocycles. The lowest BCUT2D eigenvalue weighted by atomic mass is 9.84. The van der Waals surface area contributed by atoms with Crippen LogP contribution in [0.4, 0.5) is 0 Å². The molecule has 0 aliphatic carbocycles. The van der Waals surface area contributed by atoms with Crippen molar-refractivity contribution in [2.24, 2.45) is 11.3 Å². The van der Waals surface area contributed by atoms with Crippen molar-refractivity contribution in [1.82, 2.24) is 25.3 Å². The van der Waals surface area contributed by atoms with E-state index < -0.39 is 171 Å². The fraction of sp³-hybridized carbons (Fsp3) is 0.942. The van der Waals surface area contributed by atoms with Crippen LogP contribution in [0.25, 0.3) is 0 Å². The summed E-state index contributed by atoms with van der Waals surface area (Å²) >= 11 is 0. The molecular weight excluding hydrogens is 1540 g/mol. The first-order valence-corrected chi connectivity index (χ1v) is 43.6. The summed E-state index contributed by atoms with van der Waals surface area (Å²) in [5, 5.41) is 95.6. The summed E-state index contributed by atoms with van der Waals surface area (Å²) in [6.45, 7) is 6.44. The highest BCUT2D eigenvalue weighted by molar-refractivity contribution is 7.48. The fourth-order valence-electron chi connectivity index (χ4n) is 14.1. The number of methoxy groups -OCH3 is 1. The molecule has 14 N–H and O–H groups in total. The smallest absolute Gasteiger partial charge is 0.394 e. The molecule has 111 heavy (non-hydrogen) atoms. The molecule has 0 aromatic heterocycles. The first-order valence-electron chi connectivity index (χ1n) is 39.1. The fourth-order valence-corrected chi connectivity index (χ4v) is 17.1. The number of carbonyl (C=O) groups is 4. The van der Waals surface area contributed by atoms with Crippen LogP contribution in [0.5, 0.6) is 0 Å². The van der Waals surface area contributed by atoms with Crippen LogP contribution in [0.3, 0.4) is 0 Å². The lowest BCUT2D eigenvalue weighted by molar-refractivity contribution is -0.282. The first-order chi connectivity index (χ1) is 52.9. The maximum Gasteiger partial charge on any atom is 0.472 e. The van der Waals surface area contributed by atoms with E-state index in [1.165, 1.54) is 21.0 Å². The van der Waals surface area contributed by atoms with E-state index in [-0.39, 0.29) is 123 Å². The van der Waals surface area contributed by atoms with Crippen molar-refractivity contribution in [3.05, 3.63) is 0 Å². The zero-order valence-corrected chi connectivity index (χ0v) is 67.3. The summed E-state index contributed by atoms with van der Waals surface area (Å²) in [5.41, 5.74) is -0.763. The van der Waals surface area contributed by atoms with Gasteiger partial charge in [-0.05, 0) is 116 Å². The molecule has 6 rings (SSSR count). The highest BCUT2D eigenvalue weighted by Crippen LogP contribution is 2.49. The van der Waals surface area contributed by atoms with Crippen LogP contribution in [0.1, 0.15) is 156 Å². The number of phosphoric ester groups is 3. The maximum atomic E-state index is 13.1. The Hall–Kier alpha value is -2.55. The molecule has 4 amide bonds. The summed E-state index contributed by atoms with van der Waals surface area (Å²) in [6.07, 6.45) is -7.05. The number of nitrogens with one attached hydrogen (secondary N) is 2. The minimum absolute atomic E-state index is 0.0898. The topological polar surface area (TPSA) is 534 Å². The van der Waals surface area contributed by atoms with E-state index in [1.807, 2.05) is 0 Å². The third-order valence-electron chi connectivity index (χ3n) is 20.4. The molecule has 19 atom stereocenters. The number of likely N-dealkylation sites (tertiary alicyclic amines) is 3. The Balaban J connectivity index is 0.881. The van der Waals surface area contributed by atoms with Gasteiger partial charge < -0.3 is 129 Å². The van der Waals surface area contributed by atoms with E-state index in [0.29, 0.717) is 122 Å². The van der Waals surface area contributed by atoms with Crippen LogP contribution in [0, 0.1) is 11.3 Å². The van der Waals surface area contributed by atoms with Gasteiger partial charge in [-0.2, -0.15) is 0 Å². The largest absolute Gasteiger partial charge is 0.472 e. The van der Waals surface area contributed by atoms with E-state index in [9.17, 15) is 93.5 Å². The minimum atomic E-state index is -4.52. The summed E-state index contributed by atoms with van der Waals surface area (Å²) in [7, 11) is -11.9. The highest BCUT2D eigenvalue weighted by Gasteiger charge is 2.48. The predicted molar refractivity (Wildman–Crippen MR) is 390 cm³/mol. The van der Waals surface area contributed by atoms with Gasteiger partial charge in [0.05, 0.1) is 83.9 Å². The van der Waals surface area contributed by atoms with Crippen molar-refractivity contribution in [3.8, 4) is 0 Å². The Morgan fingerprint density at radius 3 is 1.21 bits per heavy atom. The SMILES string of the molecule is COCC(CCCCCOP(=O)(O)OC1CCN(C(=O)CCCCOC2OC(CO)C(O)C(O)C2NC(C)=O)CC1)(COCCCOP(=O)(O)OC1CCN(CCCCCOC2OC(CO)C(O)C(O)C2NC(C)=O)CC1)COCCCOP(=O)(O)OC1CCN(C(=O)CCCCOC2OC(CO)C(O)C(O)C2C)CC1. The minimum Gasteiger partial charge on any atom is -0.394 e. The van der Waals surface area contributed by atoms with Gasteiger partial charge in [-0.25, -0.2) is 13.7 Å². The normalized spacial score (nSPS) is 29.8. The average Bonchev–Trinajstić information content (AvgIpc) is 0.807. The molecule has 0 spiro atoms. The van der Waals surface area contributed by atoms with Gasteiger partial charge >= 0.3 is 23.5 Å². The number of phosphoric acid groups is 3. The molecule has 19 unspecified atom stereocenters. The van der Waals surface area contributed by atoms with E-state index >= 15 is 0 Å². The molecule has 6 aliphatic rings. The van der Waals surface area contributed by atoms with Gasteiger partial charge in [0.25, 0.3) is 0 Å². The first kappa shape index (κ1) is 97.3. The van der Waals surface area contributed by atoms with Gasteiger partial charge in [-0.15, -0.1) is 0 Å². The van der Waals surface area contributed by atoms with Crippen molar-refractivity contribution in [3.63, 3.8) is 0 Å². The Bertz CT molecular complexity index is 2820. The van der Waals surface area contributed by atoms with Gasteiger partial charge in [-0.1, -0.05) is 19.8 Å². The Labute approximate surface area is 649 Å². The van der Waals surface area contributed by atoms with Crippen LogP contribution in [0.15, 0.2) is 0 Å². The average molecular weight is 1660 g/mol. The van der Waals surface area contributed by atoms with E-state index in [2.05, 4.69) is 15.5 Å². The molecule has 0 aromatic carbocycles. The molecule has 6 fully saturated rings. The lowest BCUT2D eigenvalue weighted by Crippen LogP contribution is -2.64. The van der Waals surface area contributed by atoms with Crippen molar-refractivity contribution in [2.75, 3.05) is 145 Å². The summed E-state index contributed by atoms with van der Waals surface area (Å²) < 4.78 is 124. The van der Waals surface area contributed by atoms with Gasteiger partial charge in [0, 0.05) is 117 Å². The molecule has 0 radical (unpaired) electrons. The third kappa shape index (κ3) is 34.4. The number of piperidine rings is 3. The predicted octanol–water partition coefficient (Wildman–Crippen LogP) is 0.363. The van der Waals surface area contributed by atoms with E-state index in [1.54, 1.807) is 16.7 Å². The van der Waals surface area contributed by atoms with E-state index in [4.69, 9.17) is 69.8 Å². The maximum absolute atomic E-state index is 13.1. The number of rotatable bonds is 53. The molecule has 648 valence electrons. The number of aliphatic hydroxyl groups excluding tert-OH is 9. The van der Waals surface area contributed by atoms with Crippen LogP contribution >= 0.6 is 23.5 Å². The molecular formula is C69H128N5O34P3.